The van der Waals surface area contributed by atoms with Crippen LogP contribution in [0.2, 0.25) is 0 Å². The van der Waals surface area contributed by atoms with Crippen LogP contribution < -0.4 is 16.0 Å². The van der Waals surface area contributed by atoms with Gasteiger partial charge in [0, 0.05) is 35.2 Å². The summed E-state index contributed by atoms with van der Waals surface area (Å²) >= 11 is 0. The number of rotatable bonds is 9. The molecule has 1 saturated heterocycles. The van der Waals surface area contributed by atoms with E-state index in [9.17, 15) is 9.59 Å². The number of likely N-dealkylation sites (tertiary alicyclic amines) is 1. The Morgan fingerprint density at radius 3 is 2.42 bits per heavy atom. The van der Waals surface area contributed by atoms with Crippen LogP contribution in [0.4, 0.5) is 11.4 Å². The first-order valence-electron chi connectivity index (χ1n) is 15.1. The fraction of sp³-hybridized carbons (Fsp3) is 0.250. The molecule has 7 nitrogen and oxygen atoms in total. The van der Waals surface area contributed by atoms with E-state index in [1.165, 1.54) is 24.8 Å². The van der Waals surface area contributed by atoms with Crippen LogP contribution in [0.15, 0.2) is 97.2 Å². The number of nitrogens with one attached hydrogen (secondary N) is 3. The van der Waals surface area contributed by atoms with Gasteiger partial charge in [-0.2, -0.15) is 0 Å². The number of piperidine rings is 1. The van der Waals surface area contributed by atoms with Crippen LogP contribution in [0.3, 0.4) is 0 Å². The molecule has 1 atom stereocenters. The number of carbonyl (C=O) groups excluding carboxylic acids is 2. The van der Waals surface area contributed by atoms with Gasteiger partial charge in [0.1, 0.15) is 0 Å². The monoisotopic (exact) mass is 571 g/mol. The van der Waals surface area contributed by atoms with Crippen LogP contribution >= 0.6 is 0 Å². The highest BCUT2D eigenvalue weighted by Gasteiger charge is 2.30. The molecule has 2 aliphatic heterocycles. The van der Waals surface area contributed by atoms with Crippen LogP contribution in [-0.2, 0) is 11.3 Å². The molecular weight excluding hydrogens is 534 g/mol. The molecule has 0 unspecified atom stereocenters. The van der Waals surface area contributed by atoms with Crippen molar-refractivity contribution in [2.75, 3.05) is 23.7 Å². The molecule has 1 aromatic heterocycles. The van der Waals surface area contributed by atoms with Crippen molar-refractivity contribution in [1.29, 1.82) is 0 Å². The largest absolute Gasteiger partial charge is 0.353 e. The van der Waals surface area contributed by atoms with E-state index >= 15 is 0 Å². The summed E-state index contributed by atoms with van der Waals surface area (Å²) in [4.78, 5) is 34.0. The van der Waals surface area contributed by atoms with E-state index in [1.807, 2.05) is 48.5 Å². The molecule has 4 aromatic rings. The lowest BCUT2D eigenvalue weighted by Gasteiger charge is -2.26. The lowest BCUT2D eigenvalue weighted by molar-refractivity contribution is -0.110. The Kier molecular flexibility index (Phi) is 8.61. The van der Waals surface area contributed by atoms with E-state index in [-0.39, 0.29) is 17.9 Å². The second-order valence-corrected chi connectivity index (χ2v) is 11.2. The zero-order valence-corrected chi connectivity index (χ0v) is 24.5. The van der Waals surface area contributed by atoms with Crippen LogP contribution in [0.5, 0.6) is 0 Å². The van der Waals surface area contributed by atoms with Crippen molar-refractivity contribution in [3.63, 3.8) is 0 Å². The molecule has 6 rings (SSSR count). The molecule has 3 heterocycles. The van der Waals surface area contributed by atoms with Gasteiger partial charge in [-0.05, 0) is 85.9 Å². The molecular formula is C36H37N5O2. The number of nitrogens with zero attached hydrogens (tertiary/aromatic N) is 2. The van der Waals surface area contributed by atoms with E-state index in [0.717, 1.165) is 37.3 Å². The van der Waals surface area contributed by atoms with Gasteiger partial charge in [0.25, 0.3) is 11.8 Å². The van der Waals surface area contributed by atoms with Gasteiger partial charge in [0.2, 0.25) is 0 Å². The summed E-state index contributed by atoms with van der Waals surface area (Å²) < 4.78 is 0. The van der Waals surface area contributed by atoms with Gasteiger partial charge < -0.3 is 16.0 Å². The van der Waals surface area contributed by atoms with Gasteiger partial charge in [-0.25, -0.2) is 0 Å². The van der Waals surface area contributed by atoms with Gasteiger partial charge in [-0.3, -0.25) is 19.5 Å². The Balaban J connectivity index is 1.31. The summed E-state index contributed by atoms with van der Waals surface area (Å²) in [6.07, 6.45) is 6.32. The van der Waals surface area contributed by atoms with Gasteiger partial charge in [-0.15, -0.1) is 0 Å². The summed E-state index contributed by atoms with van der Waals surface area (Å²) in [5, 5.41) is 9.63. The molecule has 0 radical (unpaired) electrons. The number of fused-ring (bicyclic) bond motifs is 1. The molecule has 0 aliphatic carbocycles. The van der Waals surface area contributed by atoms with Gasteiger partial charge >= 0.3 is 0 Å². The van der Waals surface area contributed by atoms with E-state index in [0.29, 0.717) is 33.8 Å². The third kappa shape index (κ3) is 6.52. The van der Waals surface area contributed by atoms with Crippen LogP contribution in [-0.4, -0.2) is 34.8 Å². The maximum absolute atomic E-state index is 13.5. The number of hydrogen-bond acceptors (Lipinski definition) is 5. The Hall–Kier alpha value is -4.75. The molecule has 43 heavy (non-hydrogen) atoms. The molecule has 3 N–H and O–H groups in total. The number of carbonyl (C=O) groups is 2. The Labute approximate surface area is 253 Å². The summed E-state index contributed by atoms with van der Waals surface area (Å²) in [5.41, 5.74) is 6.69. The number of hydrogen-bond donors (Lipinski definition) is 3. The summed E-state index contributed by atoms with van der Waals surface area (Å²) in [6, 6.07) is 29.2. The zero-order valence-electron chi connectivity index (χ0n) is 24.5. The average Bonchev–Trinajstić information content (AvgIpc) is 3.39. The summed E-state index contributed by atoms with van der Waals surface area (Å²) in [7, 11) is 0. The van der Waals surface area contributed by atoms with Crippen molar-refractivity contribution in [1.82, 2.24) is 15.2 Å². The number of benzene rings is 3. The van der Waals surface area contributed by atoms with E-state index in [1.54, 1.807) is 24.4 Å². The summed E-state index contributed by atoms with van der Waals surface area (Å²) in [6.45, 7) is 5.29. The Morgan fingerprint density at radius 1 is 0.930 bits per heavy atom. The molecule has 0 saturated carbocycles. The third-order valence-electron chi connectivity index (χ3n) is 8.19. The molecule has 7 heteroatoms. The first kappa shape index (κ1) is 28.4. The van der Waals surface area contributed by atoms with Gasteiger partial charge in [0.05, 0.1) is 23.0 Å². The molecule has 218 valence electrons. The van der Waals surface area contributed by atoms with E-state index < -0.39 is 0 Å². The number of pyridine rings is 1. The average molecular weight is 572 g/mol. The number of aromatic nitrogens is 1. The molecule has 3 aromatic carbocycles. The topological polar surface area (TPSA) is 86.4 Å². The molecule has 0 bridgehead atoms. The highest BCUT2D eigenvalue weighted by Crippen LogP contribution is 2.38. The van der Waals surface area contributed by atoms with Crippen LogP contribution in [0, 0.1) is 0 Å². The maximum Gasteiger partial charge on any atom is 0.258 e. The minimum atomic E-state index is -0.238. The van der Waals surface area contributed by atoms with Gasteiger partial charge in [0.15, 0.2) is 0 Å². The molecule has 2 amide bonds. The third-order valence-corrected chi connectivity index (χ3v) is 8.19. The summed E-state index contributed by atoms with van der Waals surface area (Å²) in [5.74, 6) is -0.424. The smallest absolute Gasteiger partial charge is 0.258 e. The minimum absolute atomic E-state index is 0.111. The van der Waals surface area contributed by atoms with Gasteiger partial charge in [-0.1, -0.05) is 61.9 Å². The van der Waals surface area contributed by atoms with E-state index in [2.05, 4.69) is 57.0 Å². The predicted molar refractivity (Wildman–Crippen MR) is 172 cm³/mol. The Bertz CT molecular complexity index is 1610. The van der Waals surface area contributed by atoms with Crippen LogP contribution in [0.25, 0.3) is 11.3 Å². The fourth-order valence-corrected chi connectivity index (χ4v) is 5.88. The highest BCUT2D eigenvalue weighted by atomic mass is 16.2. The number of amides is 2. The number of anilines is 2. The normalized spacial score (nSPS) is 16.6. The fourth-order valence-electron chi connectivity index (χ4n) is 5.88. The highest BCUT2D eigenvalue weighted by molar-refractivity contribution is 6.37. The zero-order chi connectivity index (χ0) is 29.6. The first-order valence-corrected chi connectivity index (χ1v) is 15.1. The second kappa shape index (κ2) is 13.0. The van der Waals surface area contributed by atoms with Crippen molar-refractivity contribution in [3.8, 4) is 0 Å². The Morgan fingerprint density at radius 2 is 1.70 bits per heavy atom. The van der Waals surface area contributed by atoms with E-state index in [4.69, 9.17) is 0 Å². The standard InChI is InChI=1S/C36H37N5O2/c1-2-30(26-11-5-3-6-12-26)39-35(42)27-16-19-31-29(23-27)33(36(43)40-31)34(32-13-7-8-20-37-32)38-28-17-14-25(15-18-28)24-41-21-9-4-10-22-41/h3,5-8,11-20,23,30,38H,2,4,9-10,21-22,24H2,1H3,(H,39,42)(H,40,43)/b34-33-/t30-/m1/s1. The lowest BCUT2D eigenvalue weighted by Crippen LogP contribution is -2.29. The predicted octanol–water partition coefficient (Wildman–Crippen LogP) is 6.88. The second-order valence-electron chi connectivity index (χ2n) is 11.2. The van der Waals surface area contributed by atoms with Crippen molar-refractivity contribution in [2.45, 2.75) is 45.2 Å². The van der Waals surface area contributed by atoms with Crippen LogP contribution in [0.1, 0.15) is 71.4 Å². The molecule has 0 spiro atoms. The van der Waals surface area contributed by atoms with Crippen molar-refractivity contribution < 1.29 is 9.59 Å². The van der Waals surface area contributed by atoms with Crippen molar-refractivity contribution >= 4 is 34.5 Å². The minimum Gasteiger partial charge on any atom is -0.353 e. The molecule has 1 fully saturated rings. The maximum atomic E-state index is 13.5. The SMILES string of the molecule is CC[C@@H](NC(=O)c1ccc2c(c1)/C(=C(/Nc1ccc(CN3CCCCC3)cc1)c1ccccn1)C(=O)N2)c1ccccc1. The first-order chi connectivity index (χ1) is 21.1. The van der Waals surface area contributed by atoms with Crippen molar-refractivity contribution in [2.24, 2.45) is 0 Å². The quantitative estimate of drug-likeness (QED) is 0.191. The van der Waals surface area contributed by atoms with Crippen molar-refractivity contribution in [3.05, 3.63) is 125 Å². The molecule has 2 aliphatic rings. The lowest BCUT2D eigenvalue weighted by atomic mass is 9.99.